The van der Waals surface area contributed by atoms with Crippen LogP contribution in [0.3, 0.4) is 0 Å². The number of rotatable bonds is 6. The highest BCUT2D eigenvalue weighted by Gasteiger charge is 2.18. The zero-order valence-corrected chi connectivity index (χ0v) is 12.4. The second kappa shape index (κ2) is 7.01. The van der Waals surface area contributed by atoms with E-state index >= 15 is 0 Å². The summed E-state index contributed by atoms with van der Waals surface area (Å²) in [6, 6.07) is 3.55. The maximum Gasteiger partial charge on any atom is 0.141 e. The topological polar surface area (TPSA) is 26.3 Å². The zero-order valence-electron chi connectivity index (χ0n) is 10.9. The van der Waals surface area contributed by atoms with Gasteiger partial charge in [0.1, 0.15) is 11.5 Å². The number of ketones is 1. The van der Waals surface area contributed by atoms with Gasteiger partial charge in [-0.05, 0) is 37.8 Å². The third-order valence-corrected chi connectivity index (χ3v) is 3.52. The van der Waals surface area contributed by atoms with Crippen molar-refractivity contribution in [3.05, 3.63) is 27.7 Å². The van der Waals surface area contributed by atoms with Crippen LogP contribution in [0.4, 0.5) is 0 Å². The third kappa shape index (κ3) is 3.89. The van der Waals surface area contributed by atoms with Crippen LogP contribution in [0.15, 0.2) is 12.1 Å². The normalized spacial score (nSPS) is 12.3. The van der Waals surface area contributed by atoms with Crippen molar-refractivity contribution in [2.75, 3.05) is 7.11 Å². The van der Waals surface area contributed by atoms with E-state index in [1.165, 1.54) is 0 Å². The van der Waals surface area contributed by atoms with Crippen molar-refractivity contribution < 1.29 is 9.53 Å². The number of halogens is 2. The zero-order chi connectivity index (χ0) is 13.7. The molecule has 0 amide bonds. The Morgan fingerprint density at radius 1 is 1.39 bits per heavy atom. The number of Topliss-reactive ketones (excluding diaryl/α,β-unsaturated/α-hetero) is 1. The van der Waals surface area contributed by atoms with Crippen LogP contribution in [0.1, 0.15) is 44.6 Å². The Labute approximate surface area is 118 Å². The van der Waals surface area contributed by atoms with E-state index in [9.17, 15) is 4.79 Å². The van der Waals surface area contributed by atoms with Crippen molar-refractivity contribution in [3.8, 4) is 5.75 Å². The average Bonchev–Trinajstić information content (AvgIpc) is 2.29. The van der Waals surface area contributed by atoms with Crippen LogP contribution in [-0.4, -0.2) is 12.9 Å². The summed E-state index contributed by atoms with van der Waals surface area (Å²) < 4.78 is 5.35. The van der Waals surface area contributed by atoms with E-state index in [0.29, 0.717) is 22.2 Å². The molecule has 0 aliphatic carbocycles. The molecule has 0 heterocycles. The molecule has 2 nitrogen and oxygen atoms in total. The van der Waals surface area contributed by atoms with Crippen LogP contribution in [0, 0.1) is 0 Å². The fourth-order valence-electron chi connectivity index (χ4n) is 2.06. The Bertz CT molecular complexity index is 430. The molecule has 0 fully saturated rings. The molecule has 1 aromatic rings. The van der Waals surface area contributed by atoms with Crippen LogP contribution in [0.25, 0.3) is 0 Å². The first-order valence-electron chi connectivity index (χ1n) is 6.01. The molecule has 1 rings (SSSR count). The van der Waals surface area contributed by atoms with E-state index in [1.807, 2.05) is 6.07 Å². The first-order valence-corrected chi connectivity index (χ1v) is 6.77. The molecule has 0 N–H and O–H groups in total. The number of carbonyl (C=O) groups excluding carboxylic acids is 1. The van der Waals surface area contributed by atoms with Gasteiger partial charge >= 0.3 is 0 Å². The molecule has 0 spiro atoms. The highest BCUT2D eigenvalue weighted by molar-refractivity contribution is 6.35. The Morgan fingerprint density at radius 3 is 2.56 bits per heavy atom. The van der Waals surface area contributed by atoms with Gasteiger partial charge in [-0.15, -0.1) is 0 Å². The van der Waals surface area contributed by atoms with Crippen molar-refractivity contribution in [1.82, 2.24) is 0 Å². The van der Waals surface area contributed by atoms with Gasteiger partial charge in [-0.2, -0.15) is 0 Å². The van der Waals surface area contributed by atoms with Crippen molar-refractivity contribution in [2.24, 2.45) is 0 Å². The van der Waals surface area contributed by atoms with Crippen molar-refractivity contribution in [3.63, 3.8) is 0 Å². The fraction of sp³-hybridized carbons (Fsp3) is 0.500. The minimum Gasteiger partial charge on any atom is -0.495 e. The summed E-state index contributed by atoms with van der Waals surface area (Å²) in [6.45, 7) is 3.69. The molecule has 4 heteroatoms. The lowest BCUT2D eigenvalue weighted by molar-refractivity contribution is -0.117. The van der Waals surface area contributed by atoms with Crippen LogP contribution < -0.4 is 4.74 Å². The molecule has 0 saturated heterocycles. The largest absolute Gasteiger partial charge is 0.495 e. The summed E-state index contributed by atoms with van der Waals surface area (Å²) in [5.74, 6) is 1.09. The molecule has 0 aliphatic heterocycles. The molecule has 0 saturated carbocycles. The van der Waals surface area contributed by atoms with Gasteiger partial charge in [0, 0.05) is 17.0 Å². The summed E-state index contributed by atoms with van der Waals surface area (Å²) in [6.07, 6.45) is 2.27. The average molecular weight is 289 g/mol. The predicted octanol–water partition coefficient (Wildman–Crippen LogP) is 4.86. The fourth-order valence-corrected chi connectivity index (χ4v) is 2.64. The number of hydrogen-bond donors (Lipinski definition) is 0. The molecule has 100 valence electrons. The summed E-state index contributed by atoms with van der Waals surface area (Å²) in [5.41, 5.74) is 0.985. The van der Waals surface area contributed by atoms with Crippen LogP contribution in [-0.2, 0) is 4.79 Å². The summed E-state index contributed by atoms with van der Waals surface area (Å²) in [4.78, 5) is 11.1. The quantitative estimate of drug-likeness (QED) is 0.747. The van der Waals surface area contributed by atoms with Gasteiger partial charge in [0.15, 0.2) is 0 Å². The summed E-state index contributed by atoms with van der Waals surface area (Å²) in [7, 11) is 1.59. The van der Waals surface area contributed by atoms with Gasteiger partial charge in [0.2, 0.25) is 0 Å². The minimum atomic E-state index is 0.195. The predicted molar refractivity (Wildman–Crippen MR) is 76.0 cm³/mol. The lowest BCUT2D eigenvalue weighted by Gasteiger charge is -2.19. The maximum atomic E-state index is 11.1. The highest BCUT2D eigenvalue weighted by atomic mass is 35.5. The molecular formula is C14H18Cl2O2. The Kier molecular flexibility index (Phi) is 5.97. The Morgan fingerprint density at radius 2 is 2.06 bits per heavy atom. The molecule has 0 radical (unpaired) electrons. The molecule has 0 aliphatic rings. The lowest BCUT2D eigenvalue weighted by Crippen LogP contribution is -2.04. The Hall–Kier alpha value is -0.730. The Balaban J connectivity index is 3.07. The molecule has 0 aromatic heterocycles. The van der Waals surface area contributed by atoms with E-state index in [2.05, 4.69) is 6.92 Å². The number of benzene rings is 1. The van der Waals surface area contributed by atoms with Crippen LogP contribution >= 0.6 is 23.2 Å². The second-order valence-electron chi connectivity index (χ2n) is 4.36. The van der Waals surface area contributed by atoms with Crippen molar-refractivity contribution in [1.29, 1.82) is 0 Å². The number of hydrogen-bond acceptors (Lipinski definition) is 2. The molecule has 1 atom stereocenters. The molecule has 1 unspecified atom stereocenters. The van der Waals surface area contributed by atoms with Gasteiger partial charge in [0.05, 0.1) is 12.1 Å². The number of methoxy groups -OCH3 is 1. The second-order valence-corrected chi connectivity index (χ2v) is 5.20. The van der Waals surface area contributed by atoms with Gasteiger partial charge in [-0.25, -0.2) is 0 Å². The molecule has 18 heavy (non-hydrogen) atoms. The third-order valence-electron chi connectivity index (χ3n) is 3.02. The first kappa shape index (κ1) is 15.3. The van der Waals surface area contributed by atoms with E-state index in [1.54, 1.807) is 20.1 Å². The van der Waals surface area contributed by atoms with Gasteiger partial charge < -0.3 is 9.53 Å². The van der Waals surface area contributed by atoms with Gasteiger partial charge in [-0.3, -0.25) is 0 Å². The van der Waals surface area contributed by atoms with E-state index in [0.717, 1.165) is 18.4 Å². The van der Waals surface area contributed by atoms with E-state index in [4.69, 9.17) is 27.9 Å². The van der Waals surface area contributed by atoms with E-state index < -0.39 is 0 Å². The minimum absolute atomic E-state index is 0.195. The molecule has 1 aromatic carbocycles. The van der Waals surface area contributed by atoms with Gasteiger partial charge in [-0.1, -0.05) is 30.1 Å². The monoisotopic (exact) mass is 288 g/mol. The van der Waals surface area contributed by atoms with Crippen LogP contribution in [0.5, 0.6) is 5.75 Å². The van der Waals surface area contributed by atoms with Crippen molar-refractivity contribution in [2.45, 2.75) is 39.0 Å². The molecule has 0 bridgehead atoms. The lowest BCUT2D eigenvalue weighted by atomic mass is 9.90. The maximum absolute atomic E-state index is 11.1. The summed E-state index contributed by atoms with van der Waals surface area (Å²) >= 11 is 12.2. The highest BCUT2D eigenvalue weighted by Crippen LogP contribution is 2.39. The van der Waals surface area contributed by atoms with Gasteiger partial charge in [0.25, 0.3) is 0 Å². The van der Waals surface area contributed by atoms with Crippen molar-refractivity contribution >= 4 is 29.0 Å². The smallest absolute Gasteiger partial charge is 0.141 e. The number of ether oxygens (including phenoxy) is 1. The standard InChI is InChI=1S/C14H18Cl2O2/c1-4-10(6-5-9(2)17)12-7-11(15)8-13(16)14(12)18-3/h7-8,10H,4-6H2,1-3H3. The summed E-state index contributed by atoms with van der Waals surface area (Å²) in [5, 5.41) is 1.11. The molecular weight excluding hydrogens is 271 g/mol. The SMILES string of the molecule is CCC(CCC(C)=O)c1cc(Cl)cc(Cl)c1OC. The number of carbonyl (C=O) groups is 1. The first-order chi connectivity index (χ1) is 8.49. The van der Waals surface area contributed by atoms with E-state index in [-0.39, 0.29) is 11.7 Å². The van der Waals surface area contributed by atoms with Crippen LogP contribution in [0.2, 0.25) is 10.0 Å².